The minimum Gasteiger partial charge on any atom is -0.508 e. The molecule has 182 valence electrons. The maximum Gasteiger partial charge on any atom is 0.255 e. The Labute approximate surface area is 194 Å². The number of anilines is 1. The third-order valence-corrected chi connectivity index (χ3v) is 7.02. The lowest BCUT2D eigenvalue weighted by atomic mass is 9.57. The number of rotatable bonds is 5. The number of fused-ring (bicyclic) bond motifs is 3. The highest BCUT2D eigenvalue weighted by Gasteiger charge is 2.63. The Hall–Kier alpha value is -3.41. The SMILES string of the molecule is CN(C)c1ccc(O)c2c1CC1C[C@H]3[C@H](NCCO)C(=O)C(C(N)=O)=C(O)[C@@]3(O)C(=O)C1=C2O. The number of benzene rings is 1. The number of nitrogens with one attached hydrogen (secondary N) is 1. The largest absolute Gasteiger partial charge is 0.508 e. The fraction of sp³-hybridized carbons (Fsp3) is 0.435. The summed E-state index contributed by atoms with van der Waals surface area (Å²) in [5.41, 5.74) is 2.80. The van der Waals surface area contributed by atoms with Gasteiger partial charge in [-0.15, -0.1) is 0 Å². The van der Waals surface area contributed by atoms with Gasteiger partial charge in [0.1, 0.15) is 22.8 Å². The van der Waals surface area contributed by atoms with Crippen LogP contribution in [0.2, 0.25) is 0 Å². The van der Waals surface area contributed by atoms with E-state index in [0.717, 1.165) is 0 Å². The molecule has 0 spiro atoms. The molecule has 1 fully saturated rings. The van der Waals surface area contributed by atoms with Gasteiger partial charge in [-0.25, -0.2) is 0 Å². The van der Waals surface area contributed by atoms with Crippen LogP contribution >= 0.6 is 0 Å². The Balaban J connectivity index is 1.95. The summed E-state index contributed by atoms with van der Waals surface area (Å²) in [5.74, 6) is -7.09. The van der Waals surface area contributed by atoms with Crippen molar-refractivity contribution in [2.24, 2.45) is 17.6 Å². The van der Waals surface area contributed by atoms with E-state index in [-0.39, 0.29) is 42.9 Å². The van der Waals surface area contributed by atoms with E-state index in [2.05, 4.69) is 5.32 Å². The summed E-state index contributed by atoms with van der Waals surface area (Å²) in [6.07, 6.45) is 0.192. The van der Waals surface area contributed by atoms with E-state index >= 15 is 0 Å². The number of phenolic OH excluding ortho intramolecular Hbond substituents is 1. The summed E-state index contributed by atoms with van der Waals surface area (Å²) in [7, 11) is 3.58. The van der Waals surface area contributed by atoms with Crippen LogP contribution in [0, 0.1) is 11.8 Å². The van der Waals surface area contributed by atoms with Crippen molar-refractivity contribution in [1.29, 1.82) is 0 Å². The number of hydrogen-bond donors (Lipinski definition) is 7. The van der Waals surface area contributed by atoms with Gasteiger partial charge in [0, 0.05) is 37.8 Å². The third-order valence-electron chi connectivity index (χ3n) is 7.02. The number of nitrogens with two attached hydrogens (primary N) is 1. The van der Waals surface area contributed by atoms with Gasteiger partial charge in [-0.3, -0.25) is 14.4 Å². The maximum absolute atomic E-state index is 13.7. The monoisotopic (exact) mass is 473 g/mol. The fourth-order valence-electron chi connectivity index (χ4n) is 5.53. The number of carbonyl (C=O) groups is 3. The Morgan fingerprint density at radius 3 is 2.50 bits per heavy atom. The van der Waals surface area contributed by atoms with Crippen LogP contribution in [-0.4, -0.2) is 81.9 Å². The molecule has 3 aliphatic rings. The van der Waals surface area contributed by atoms with Crippen LogP contribution in [0.3, 0.4) is 0 Å². The minimum absolute atomic E-state index is 0.0193. The number of nitrogens with zero attached hydrogens (tertiary/aromatic N) is 1. The van der Waals surface area contributed by atoms with E-state index in [1.165, 1.54) is 6.07 Å². The van der Waals surface area contributed by atoms with Gasteiger partial charge >= 0.3 is 0 Å². The van der Waals surface area contributed by atoms with Crippen LogP contribution in [0.4, 0.5) is 5.69 Å². The van der Waals surface area contributed by atoms with Crippen molar-refractivity contribution in [3.05, 3.63) is 40.2 Å². The number of phenols is 1. The van der Waals surface area contributed by atoms with Crippen LogP contribution in [0.25, 0.3) is 5.76 Å². The molecule has 0 aliphatic heterocycles. The number of Topliss-reactive ketones (excluding diaryl/α,β-unsaturated/α-hetero) is 2. The zero-order valence-corrected chi connectivity index (χ0v) is 18.7. The van der Waals surface area contributed by atoms with Crippen molar-refractivity contribution in [3.8, 4) is 5.75 Å². The smallest absolute Gasteiger partial charge is 0.255 e. The van der Waals surface area contributed by atoms with Gasteiger partial charge < -0.3 is 41.5 Å². The Bertz CT molecular complexity index is 1170. The van der Waals surface area contributed by atoms with Crippen molar-refractivity contribution in [2.45, 2.75) is 24.5 Å². The summed E-state index contributed by atoms with van der Waals surface area (Å²) in [6, 6.07) is 1.77. The standard InChI is InChI=1S/C23H27N3O8/c1-26(2)12-3-4-13(28)15-10(12)7-9-8-11-17(25-5-6-27)19(30)16(22(24)33)21(32)23(11,34)20(31)14(9)18(15)29/h3-4,9,11,17,25,27-29,32,34H,5-8H2,1-2H3,(H2,24,33)/t9?,11-,17-,23-/m0/s1. The zero-order chi connectivity index (χ0) is 25.1. The summed E-state index contributed by atoms with van der Waals surface area (Å²) in [6.45, 7) is -0.442. The molecule has 0 heterocycles. The highest BCUT2D eigenvalue weighted by Crippen LogP contribution is 2.53. The second-order valence-corrected chi connectivity index (χ2v) is 9.06. The van der Waals surface area contributed by atoms with E-state index in [1.807, 2.05) is 0 Å². The number of aliphatic hydroxyl groups excluding tert-OH is 3. The molecule has 11 nitrogen and oxygen atoms in total. The van der Waals surface area contributed by atoms with E-state index in [9.17, 15) is 39.9 Å². The summed E-state index contributed by atoms with van der Waals surface area (Å²) >= 11 is 0. The Morgan fingerprint density at radius 2 is 1.91 bits per heavy atom. The van der Waals surface area contributed by atoms with Crippen molar-refractivity contribution in [2.75, 3.05) is 32.1 Å². The van der Waals surface area contributed by atoms with E-state index in [0.29, 0.717) is 11.3 Å². The molecular formula is C23H27N3O8. The van der Waals surface area contributed by atoms with Crippen LogP contribution in [0.15, 0.2) is 29.0 Å². The average molecular weight is 473 g/mol. The number of aromatic hydroxyl groups is 1. The second kappa shape index (κ2) is 8.12. The lowest BCUT2D eigenvalue weighted by Gasteiger charge is -2.49. The summed E-state index contributed by atoms with van der Waals surface area (Å²) in [5, 5.41) is 55.8. The minimum atomic E-state index is -2.71. The lowest BCUT2D eigenvalue weighted by molar-refractivity contribution is -0.150. The highest BCUT2D eigenvalue weighted by molar-refractivity contribution is 6.24. The highest BCUT2D eigenvalue weighted by atomic mass is 16.3. The van der Waals surface area contributed by atoms with Gasteiger partial charge in [0.05, 0.1) is 18.2 Å². The van der Waals surface area contributed by atoms with E-state index in [4.69, 9.17) is 5.73 Å². The molecule has 0 bridgehead atoms. The zero-order valence-electron chi connectivity index (χ0n) is 18.7. The van der Waals surface area contributed by atoms with Crippen molar-refractivity contribution in [3.63, 3.8) is 0 Å². The lowest BCUT2D eigenvalue weighted by Crippen LogP contribution is -2.66. The molecule has 1 aromatic carbocycles. The van der Waals surface area contributed by atoms with Crippen molar-refractivity contribution < 1.29 is 39.9 Å². The quantitative estimate of drug-likeness (QED) is 0.262. The maximum atomic E-state index is 13.7. The summed E-state index contributed by atoms with van der Waals surface area (Å²) < 4.78 is 0. The van der Waals surface area contributed by atoms with Gasteiger partial charge in [0.25, 0.3) is 5.91 Å². The molecule has 0 aromatic heterocycles. The molecule has 3 aliphatic carbocycles. The topological polar surface area (TPSA) is 194 Å². The number of carbonyl (C=O) groups excluding carboxylic acids is 3. The number of hydrogen-bond acceptors (Lipinski definition) is 10. The first-order valence-corrected chi connectivity index (χ1v) is 10.8. The van der Waals surface area contributed by atoms with E-state index in [1.54, 1.807) is 25.1 Å². The fourth-order valence-corrected chi connectivity index (χ4v) is 5.53. The molecule has 0 radical (unpaired) electrons. The van der Waals surface area contributed by atoms with Crippen molar-refractivity contribution in [1.82, 2.24) is 5.32 Å². The first-order valence-electron chi connectivity index (χ1n) is 10.8. The van der Waals surface area contributed by atoms with Crippen LogP contribution < -0.4 is 16.0 Å². The average Bonchev–Trinajstić information content (AvgIpc) is 2.75. The predicted octanol–water partition coefficient (Wildman–Crippen LogP) is -0.950. The number of aliphatic hydroxyl groups is 4. The molecular weight excluding hydrogens is 446 g/mol. The molecule has 11 heteroatoms. The van der Waals surface area contributed by atoms with Gasteiger partial charge in [0.15, 0.2) is 11.4 Å². The van der Waals surface area contributed by atoms with Gasteiger partial charge in [-0.1, -0.05) is 0 Å². The predicted molar refractivity (Wildman–Crippen MR) is 120 cm³/mol. The molecule has 1 saturated carbocycles. The third kappa shape index (κ3) is 3.11. The number of amides is 1. The first-order chi connectivity index (χ1) is 16.0. The van der Waals surface area contributed by atoms with Crippen LogP contribution in [0.5, 0.6) is 5.75 Å². The summed E-state index contributed by atoms with van der Waals surface area (Å²) in [4.78, 5) is 40.4. The number of ketones is 2. The molecule has 8 N–H and O–H groups in total. The van der Waals surface area contributed by atoms with Gasteiger partial charge in [0.2, 0.25) is 5.78 Å². The van der Waals surface area contributed by atoms with Crippen LogP contribution in [0.1, 0.15) is 17.5 Å². The molecule has 0 saturated heterocycles. The Kier molecular flexibility index (Phi) is 5.67. The molecule has 34 heavy (non-hydrogen) atoms. The molecule has 1 aromatic rings. The molecule has 4 atom stereocenters. The first kappa shape index (κ1) is 23.7. The normalized spacial score (nSPS) is 28.4. The molecule has 4 rings (SSSR count). The van der Waals surface area contributed by atoms with E-state index < -0.39 is 58.0 Å². The Morgan fingerprint density at radius 1 is 1.24 bits per heavy atom. The van der Waals surface area contributed by atoms with Gasteiger partial charge in [-0.2, -0.15) is 0 Å². The number of primary amides is 1. The van der Waals surface area contributed by atoms with Crippen LogP contribution in [-0.2, 0) is 20.8 Å². The second-order valence-electron chi connectivity index (χ2n) is 9.06. The molecule has 1 amide bonds. The molecule has 1 unspecified atom stereocenters. The van der Waals surface area contributed by atoms with Gasteiger partial charge in [-0.05, 0) is 36.5 Å². The van der Waals surface area contributed by atoms with Crippen molar-refractivity contribution >= 4 is 28.9 Å².